The van der Waals surface area contributed by atoms with E-state index in [0.29, 0.717) is 12.0 Å². The summed E-state index contributed by atoms with van der Waals surface area (Å²) in [6.45, 7) is 11.0. The number of hydrogen-bond donors (Lipinski definition) is 1. The van der Waals surface area contributed by atoms with E-state index in [0.717, 1.165) is 76.5 Å². The lowest BCUT2D eigenvalue weighted by atomic mass is 9.87. The van der Waals surface area contributed by atoms with Gasteiger partial charge in [-0.25, -0.2) is 9.98 Å². The molecule has 1 N–H and O–H groups in total. The molecular weight excluding hydrogens is 469 g/mol. The van der Waals surface area contributed by atoms with Crippen molar-refractivity contribution in [3.63, 3.8) is 0 Å². The fraction of sp³-hybridized carbons (Fsp3) is 0.700. The van der Waals surface area contributed by atoms with Gasteiger partial charge in [-0.3, -0.25) is 0 Å². The maximum Gasteiger partial charge on any atom is 0.194 e. The molecule has 0 saturated carbocycles. The molecule has 1 spiro atoms. The first kappa shape index (κ1) is 21.6. The Balaban J connectivity index is 0.00000225. The van der Waals surface area contributed by atoms with Crippen LogP contribution in [0.4, 0.5) is 5.82 Å². The summed E-state index contributed by atoms with van der Waals surface area (Å²) in [6.07, 6.45) is 4.33. The molecule has 4 heterocycles. The summed E-state index contributed by atoms with van der Waals surface area (Å²) in [5.41, 5.74) is 1.48. The SMILES string of the molecule is CCNC(=NCc1ccc(N2CCOCC2)nc1)N1CCC2(CCOC2)C1.I. The third-order valence-corrected chi connectivity index (χ3v) is 5.81. The number of guanidine groups is 1. The van der Waals surface area contributed by atoms with Crippen molar-refractivity contribution in [1.82, 2.24) is 15.2 Å². The Morgan fingerprint density at radius 1 is 1.18 bits per heavy atom. The first-order valence-corrected chi connectivity index (χ1v) is 10.2. The maximum atomic E-state index is 5.65. The number of ether oxygens (including phenoxy) is 2. The minimum absolute atomic E-state index is 0. The number of halogens is 1. The van der Waals surface area contributed by atoms with Gasteiger partial charge < -0.3 is 24.6 Å². The van der Waals surface area contributed by atoms with Crippen LogP contribution in [0, 0.1) is 5.41 Å². The number of aromatic nitrogens is 1. The van der Waals surface area contributed by atoms with Crippen molar-refractivity contribution in [3.8, 4) is 0 Å². The van der Waals surface area contributed by atoms with Crippen molar-refractivity contribution in [2.45, 2.75) is 26.3 Å². The number of likely N-dealkylation sites (tertiary alicyclic amines) is 1. The van der Waals surface area contributed by atoms with Crippen LogP contribution in [0.15, 0.2) is 23.3 Å². The van der Waals surface area contributed by atoms with Gasteiger partial charge in [0.05, 0.1) is 26.4 Å². The van der Waals surface area contributed by atoms with Crippen LogP contribution in [0.5, 0.6) is 0 Å². The van der Waals surface area contributed by atoms with E-state index in [-0.39, 0.29) is 24.0 Å². The zero-order chi connectivity index (χ0) is 18.5. The highest BCUT2D eigenvalue weighted by Crippen LogP contribution is 2.38. The first-order valence-electron chi connectivity index (χ1n) is 10.2. The third kappa shape index (κ3) is 5.07. The van der Waals surface area contributed by atoms with Gasteiger partial charge in [0.15, 0.2) is 5.96 Å². The van der Waals surface area contributed by atoms with Crippen molar-refractivity contribution in [1.29, 1.82) is 0 Å². The number of morpholine rings is 1. The predicted molar refractivity (Wildman–Crippen MR) is 122 cm³/mol. The summed E-state index contributed by atoms with van der Waals surface area (Å²) in [5.74, 6) is 2.04. The normalized spacial score (nSPS) is 25.2. The molecule has 1 aromatic rings. The van der Waals surface area contributed by atoms with Gasteiger partial charge in [0.2, 0.25) is 0 Å². The lowest BCUT2D eigenvalue weighted by molar-refractivity contribution is 0.122. The molecule has 1 aromatic heterocycles. The molecule has 28 heavy (non-hydrogen) atoms. The number of rotatable bonds is 4. The highest BCUT2D eigenvalue weighted by Gasteiger charge is 2.42. The Bertz CT molecular complexity index is 643. The van der Waals surface area contributed by atoms with Crippen LogP contribution < -0.4 is 10.2 Å². The zero-order valence-electron chi connectivity index (χ0n) is 16.7. The Kier molecular flexibility index (Phi) is 7.76. The molecule has 1 unspecified atom stereocenters. The first-order chi connectivity index (χ1) is 13.3. The fourth-order valence-corrected chi connectivity index (χ4v) is 4.17. The van der Waals surface area contributed by atoms with Crippen LogP contribution >= 0.6 is 24.0 Å². The molecule has 3 saturated heterocycles. The molecule has 3 aliphatic heterocycles. The van der Waals surface area contributed by atoms with E-state index in [9.17, 15) is 0 Å². The van der Waals surface area contributed by atoms with Crippen LogP contribution in [0.25, 0.3) is 0 Å². The maximum absolute atomic E-state index is 5.65. The quantitative estimate of drug-likeness (QED) is 0.388. The second-order valence-electron chi connectivity index (χ2n) is 7.77. The van der Waals surface area contributed by atoms with Gasteiger partial charge in [-0.05, 0) is 31.4 Å². The topological polar surface area (TPSA) is 62.2 Å². The third-order valence-electron chi connectivity index (χ3n) is 5.81. The van der Waals surface area contributed by atoms with Gasteiger partial charge in [-0.2, -0.15) is 0 Å². The Labute approximate surface area is 184 Å². The smallest absolute Gasteiger partial charge is 0.194 e. The molecule has 8 heteroatoms. The zero-order valence-corrected chi connectivity index (χ0v) is 19.1. The van der Waals surface area contributed by atoms with Gasteiger partial charge in [0.25, 0.3) is 0 Å². The van der Waals surface area contributed by atoms with Crippen molar-refractivity contribution < 1.29 is 9.47 Å². The highest BCUT2D eigenvalue weighted by molar-refractivity contribution is 14.0. The number of pyridine rings is 1. The lowest BCUT2D eigenvalue weighted by Crippen LogP contribution is -2.41. The molecule has 156 valence electrons. The largest absolute Gasteiger partial charge is 0.381 e. The van der Waals surface area contributed by atoms with Gasteiger partial charge in [-0.15, -0.1) is 24.0 Å². The number of anilines is 1. The van der Waals surface area contributed by atoms with E-state index >= 15 is 0 Å². The Morgan fingerprint density at radius 3 is 2.71 bits per heavy atom. The van der Waals surface area contributed by atoms with Gasteiger partial charge in [0.1, 0.15) is 5.82 Å². The molecule has 1 atom stereocenters. The van der Waals surface area contributed by atoms with Crippen LogP contribution in [0.3, 0.4) is 0 Å². The Hall–Kier alpha value is -1.13. The van der Waals surface area contributed by atoms with Crippen molar-refractivity contribution in [2.24, 2.45) is 10.4 Å². The highest BCUT2D eigenvalue weighted by atomic mass is 127. The molecule has 3 aliphatic rings. The van der Waals surface area contributed by atoms with E-state index in [1.165, 1.54) is 12.8 Å². The van der Waals surface area contributed by atoms with E-state index in [1.807, 2.05) is 6.20 Å². The summed E-state index contributed by atoms with van der Waals surface area (Å²) in [5, 5.41) is 3.46. The molecular formula is C20H32IN5O2. The molecule has 3 fully saturated rings. The summed E-state index contributed by atoms with van der Waals surface area (Å²) < 4.78 is 11.1. The average molecular weight is 501 g/mol. The summed E-state index contributed by atoms with van der Waals surface area (Å²) in [4.78, 5) is 14.2. The number of aliphatic imine (C=N–C) groups is 1. The second kappa shape index (κ2) is 10.1. The summed E-state index contributed by atoms with van der Waals surface area (Å²) in [7, 11) is 0. The van der Waals surface area contributed by atoms with Crippen molar-refractivity contribution in [3.05, 3.63) is 23.9 Å². The predicted octanol–water partition coefficient (Wildman–Crippen LogP) is 2.11. The van der Waals surface area contributed by atoms with Crippen molar-refractivity contribution >= 4 is 35.8 Å². The minimum atomic E-state index is 0. The molecule has 4 rings (SSSR count). The van der Waals surface area contributed by atoms with Crippen LogP contribution in [0.2, 0.25) is 0 Å². The van der Waals surface area contributed by atoms with Gasteiger partial charge in [-0.1, -0.05) is 6.07 Å². The molecule has 0 radical (unpaired) electrons. The van der Waals surface area contributed by atoms with E-state index in [4.69, 9.17) is 14.5 Å². The average Bonchev–Trinajstić information content (AvgIpc) is 3.36. The van der Waals surface area contributed by atoms with E-state index in [1.54, 1.807) is 0 Å². The van der Waals surface area contributed by atoms with Gasteiger partial charge >= 0.3 is 0 Å². The summed E-state index contributed by atoms with van der Waals surface area (Å²) >= 11 is 0. The standard InChI is InChI=1S/C20H31N5O2.HI/c1-2-21-19(25-7-5-20(15-25)6-10-27-16-20)23-14-17-3-4-18(22-13-17)24-8-11-26-12-9-24;/h3-4,13H,2,5-12,14-16H2,1H3,(H,21,23);1H. The molecule has 0 aliphatic carbocycles. The molecule has 0 amide bonds. The van der Waals surface area contributed by atoms with E-state index < -0.39 is 0 Å². The summed E-state index contributed by atoms with van der Waals surface area (Å²) in [6, 6.07) is 4.24. The van der Waals surface area contributed by atoms with Crippen molar-refractivity contribution in [2.75, 3.05) is 64.1 Å². The minimum Gasteiger partial charge on any atom is -0.381 e. The number of nitrogens with zero attached hydrogens (tertiary/aromatic N) is 4. The number of nitrogens with one attached hydrogen (secondary N) is 1. The van der Waals surface area contributed by atoms with Gasteiger partial charge in [0, 0.05) is 50.9 Å². The molecule has 0 aromatic carbocycles. The lowest BCUT2D eigenvalue weighted by Gasteiger charge is -2.27. The Morgan fingerprint density at radius 2 is 2.04 bits per heavy atom. The second-order valence-corrected chi connectivity index (χ2v) is 7.77. The van der Waals surface area contributed by atoms with Crippen LogP contribution in [-0.4, -0.2) is 75.0 Å². The molecule has 0 bridgehead atoms. The monoisotopic (exact) mass is 501 g/mol. The van der Waals surface area contributed by atoms with E-state index in [2.05, 4.69) is 39.2 Å². The van der Waals surface area contributed by atoms with Crippen LogP contribution in [0.1, 0.15) is 25.3 Å². The fourth-order valence-electron chi connectivity index (χ4n) is 4.17. The molecule has 7 nitrogen and oxygen atoms in total. The number of hydrogen-bond acceptors (Lipinski definition) is 5. The van der Waals surface area contributed by atoms with Crippen LogP contribution in [-0.2, 0) is 16.0 Å².